The smallest absolute Gasteiger partial charge is 0.414 e. The van der Waals surface area contributed by atoms with Crippen LogP contribution in [0, 0.1) is 5.82 Å². The van der Waals surface area contributed by atoms with Crippen LogP contribution in [0.15, 0.2) is 41.1 Å². The fraction of sp³-hybridized carbons (Fsp3) is 0.476. The second-order valence-corrected chi connectivity index (χ2v) is 8.93. The molecule has 144 valence electrons. The van der Waals surface area contributed by atoms with Crippen LogP contribution in [-0.4, -0.2) is 42.9 Å². The molecular weight excluding hydrogens is 363 g/mol. The van der Waals surface area contributed by atoms with Gasteiger partial charge in [-0.1, -0.05) is 18.2 Å². The predicted molar refractivity (Wildman–Crippen MR) is 105 cm³/mol. The van der Waals surface area contributed by atoms with Crippen LogP contribution in [0.25, 0.3) is 0 Å². The van der Waals surface area contributed by atoms with Gasteiger partial charge >= 0.3 is 6.09 Å². The van der Waals surface area contributed by atoms with Crippen molar-refractivity contribution in [3.8, 4) is 0 Å². The van der Waals surface area contributed by atoms with Crippen molar-refractivity contribution >= 4 is 23.1 Å². The summed E-state index contributed by atoms with van der Waals surface area (Å²) in [6.07, 6.45) is 3.79. The molecule has 0 spiro atoms. The van der Waals surface area contributed by atoms with Crippen molar-refractivity contribution in [2.45, 2.75) is 50.4 Å². The molecule has 1 unspecified atom stereocenters. The van der Waals surface area contributed by atoms with Crippen LogP contribution in [0.2, 0.25) is 0 Å². The summed E-state index contributed by atoms with van der Waals surface area (Å²) >= 11 is 1.51. The van der Waals surface area contributed by atoms with E-state index in [2.05, 4.69) is 14.1 Å². The minimum Gasteiger partial charge on any atom is -0.445 e. The number of nitrogens with zero attached hydrogens (tertiary/aromatic N) is 2. The van der Waals surface area contributed by atoms with Gasteiger partial charge in [-0.2, -0.15) is 11.3 Å². The summed E-state index contributed by atoms with van der Waals surface area (Å²) < 4.78 is 21.1. The van der Waals surface area contributed by atoms with Crippen molar-refractivity contribution < 1.29 is 18.4 Å². The van der Waals surface area contributed by atoms with Gasteiger partial charge in [0.1, 0.15) is 11.9 Å². The van der Waals surface area contributed by atoms with Crippen LogP contribution in [0.5, 0.6) is 0 Å². The van der Waals surface area contributed by atoms with Gasteiger partial charge in [0.25, 0.3) is 0 Å². The summed E-state index contributed by atoms with van der Waals surface area (Å²) in [7, 11) is 4.58. The van der Waals surface area contributed by atoms with E-state index >= 15 is 0 Å². The van der Waals surface area contributed by atoms with Gasteiger partial charge in [0.15, 0.2) is 0 Å². The van der Waals surface area contributed by atoms with E-state index in [9.17, 15) is 9.18 Å². The molecule has 4 nitrogen and oxygen atoms in total. The minimum absolute atomic E-state index is 0.0529. The van der Waals surface area contributed by atoms with Gasteiger partial charge < -0.3 is 9.22 Å². The van der Waals surface area contributed by atoms with Gasteiger partial charge in [-0.25, -0.2) is 9.18 Å². The van der Waals surface area contributed by atoms with E-state index in [0.717, 1.165) is 23.0 Å². The molecule has 2 bridgehead atoms. The first kappa shape index (κ1) is 18.4. The second-order valence-electron chi connectivity index (χ2n) is 8.15. The Hall–Kier alpha value is -1.92. The average molecular weight is 390 g/mol. The van der Waals surface area contributed by atoms with Crippen molar-refractivity contribution in [1.82, 2.24) is 0 Å². The molecule has 27 heavy (non-hydrogen) atoms. The lowest BCUT2D eigenvalue weighted by Crippen LogP contribution is -2.56. The molecule has 2 aliphatic rings. The van der Waals surface area contributed by atoms with Crippen molar-refractivity contribution in [2.75, 3.05) is 19.0 Å². The number of halogens is 1. The number of piperidine rings is 1. The standard InChI is InChI=1S/C21H26FN2O2S/c1-24(2)17-7-8-18(24)12-19(11-17)26-21(25)23(16-9-10-27-14-16)13-15-5-3-4-6-20(15)22/h3-6,9-10,14,17-19H,7-8,11-13H2,1-2H3/q+1/t17-,18+,19?. The monoisotopic (exact) mass is 389 g/mol. The van der Waals surface area contributed by atoms with Crippen LogP contribution in [0.4, 0.5) is 14.9 Å². The van der Waals surface area contributed by atoms with Crippen LogP contribution >= 0.6 is 11.3 Å². The van der Waals surface area contributed by atoms with Gasteiger partial charge in [0, 0.05) is 36.6 Å². The third-order valence-electron chi connectivity index (χ3n) is 6.38. The highest BCUT2D eigenvalue weighted by Gasteiger charge is 2.50. The lowest BCUT2D eigenvalue weighted by Gasteiger charge is -2.44. The number of benzene rings is 1. The molecule has 2 aliphatic heterocycles. The number of fused-ring (bicyclic) bond motifs is 2. The van der Waals surface area contributed by atoms with Gasteiger partial charge in [0.05, 0.1) is 38.4 Å². The lowest BCUT2D eigenvalue weighted by atomic mass is 9.98. The Morgan fingerprint density at radius 3 is 2.56 bits per heavy atom. The summed E-state index contributed by atoms with van der Waals surface area (Å²) in [5, 5.41) is 3.81. The highest BCUT2D eigenvalue weighted by Crippen LogP contribution is 2.40. The number of rotatable bonds is 4. The molecule has 0 saturated carbocycles. The first-order chi connectivity index (χ1) is 12.9. The summed E-state index contributed by atoms with van der Waals surface area (Å²) in [5.41, 5.74) is 1.24. The zero-order valence-electron chi connectivity index (χ0n) is 15.8. The van der Waals surface area contributed by atoms with Crippen LogP contribution < -0.4 is 4.90 Å². The third-order valence-corrected chi connectivity index (χ3v) is 7.05. The Kier molecular flexibility index (Phi) is 4.95. The number of quaternary nitrogens is 1. The number of carbonyl (C=O) groups is 1. The molecule has 1 amide bonds. The quantitative estimate of drug-likeness (QED) is 0.703. The molecule has 3 atom stereocenters. The molecule has 2 aromatic rings. The Balaban J connectivity index is 1.49. The van der Waals surface area contributed by atoms with E-state index in [4.69, 9.17) is 4.74 Å². The fourth-order valence-corrected chi connectivity index (χ4v) is 5.24. The first-order valence-electron chi connectivity index (χ1n) is 9.52. The van der Waals surface area contributed by atoms with Crippen molar-refractivity contribution in [3.05, 3.63) is 52.5 Å². The van der Waals surface area contributed by atoms with Gasteiger partial charge in [-0.15, -0.1) is 0 Å². The topological polar surface area (TPSA) is 29.5 Å². The Morgan fingerprint density at radius 1 is 1.22 bits per heavy atom. The number of amides is 1. The number of carbonyl (C=O) groups excluding carboxylic acids is 1. The van der Waals surface area contributed by atoms with Crippen LogP contribution in [-0.2, 0) is 11.3 Å². The normalized spacial score (nSPS) is 26.0. The van der Waals surface area contributed by atoms with E-state index in [-0.39, 0.29) is 24.6 Å². The maximum absolute atomic E-state index is 14.1. The van der Waals surface area contributed by atoms with E-state index in [0.29, 0.717) is 17.6 Å². The zero-order valence-corrected chi connectivity index (χ0v) is 16.6. The molecule has 4 rings (SSSR count). The lowest BCUT2D eigenvalue weighted by molar-refractivity contribution is -0.931. The molecule has 0 radical (unpaired) electrons. The number of hydrogen-bond acceptors (Lipinski definition) is 3. The Morgan fingerprint density at radius 2 is 1.93 bits per heavy atom. The number of anilines is 1. The Labute approximate surface area is 163 Å². The third kappa shape index (κ3) is 3.60. The molecule has 2 saturated heterocycles. The van der Waals surface area contributed by atoms with E-state index < -0.39 is 0 Å². The van der Waals surface area contributed by atoms with E-state index in [1.54, 1.807) is 23.1 Å². The average Bonchev–Trinajstić information content (AvgIpc) is 3.17. The number of thiophene rings is 1. The second kappa shape index (κ2) is 7.24. The van der Waals surface area contributed by atoms with E-state index in [1.165, 1.54) is 30.2 Å². The zero-order chi connectivity index (χ0) is 19.0. The molecule has 6 heteroatoms. The molecule has 0 N–H and O–H groups in total. The highest BCUT2D eigenvalue weighted by molar-refractivity contribution is 7.08. The van der Waals surface area contributed by atoms with Crippen molar-refractivity contribution in [2.24, 2.45) is 0 Å². The summed E-state index contributed by atoms with van der Waals surface area (Å²) in [6, 6.07) is 9.56. The summed E-state index contributed by atoms with van der Waals surface area (Å²) in [6.45, 7) is 0.170. The number of hydrogen-bond donors (Lipinski definition) is 0. The first-order valence-corrected chi connectivity index (χ1v) is 10.5. The summed E-state index contributed by atoms with van der Waals surface area (Å²) in [4.78, 5) is 14.5. The minimum atomic E-state index is -0.381. The fourth-order valence-electron chi connectivity index (χ4n) is 4.60. The van der Waals surface area contributed by atoms with Crippen molar-refractivity contribution in [3.63, 3.8) is 0 Å². The van der Waals surface area contributed by atoms with Crippen LogP contribution in [0.3, 0.4) is 0 Å². The largest absolute Gasteiger partial charge is 0.445 e. The van der Waals surface area contributed by atoms with E-state index in [1.807, 2.05) is 16.8 Å². The summed E-state index contributed by atoms with van der Waals surface area (Å²) in [5.74, 6) is -0.305. The molecule has 1 aromatic heterocycles. The van der Waals surface area contributed by atoms with Gasteiger partial charge in [-0.05, 0) is 17.5 Å². The maximum Gasteiger partial charge on any atom is 0.414 e. The van der Waals surface area contributed by atoms with Gasteiger partial charge in [0.2, 0.25) is 0 Å². The molecule has 3 heterocycles. The number of ether oxygens (including phenoxy) is 1. The molecule has 0 aliphatic carbocycles. The molecule has 2 fully saturated rings. The predicted octanol–water partition coefficient (Wildman–Crippen LogP) is 4.80. The van der Waals surface area contributed by atoms with Gasteiger partial charge in [-0.3, -0.25) is 4.90 Å². The maximum atomic E-state index is 14.1. The molecule has 1 aromatic carbocycles. The highest BCUT2D eigenvalue weighted by atomic mass is 32.1. The molecular formula is C21H26FN2O2S+. The van der Waals surface area contributed by atoms with Crippen molar-refractivity contribution in [1.29, 1.82) is 0 Å². The SMILES string of the molecule is C[N+]1(C)[C@@H]2CC[C@H]1CC(OC(=O)N(Cc1ccccc1F)c1ccsc1)C2. The Bertz CT molecular complexity index is 792. The van der Waals surface area contributed by atoms with Crippen LogP contribution in [0.1, 0.15) is 31.2 Å².